The van der Waals surface area contributed by atoms with Crippen LogP contribution in [0, 0.1) is 0 Å². The summed E-state index contributed by atoms with van der Waals surface area (Å²) in [7, 11) is 0. The zero-order valence-electron chi connectivity index (χ0n) is 13.8. The number of rotatable bonds is 7. The largest absolute Gasteiger partial charge is 0.490 e. The summed E-state index contributed by atoms with van der Waals surface area (Å²) >= 11 is 0. The lowest BCUT2D eigenvalue weighted by Crippen LogP contribution is -2.38. The second-order valence-electron chi connectivity index (χ2n) is 5.77. The molecule has 1 aromatic rings. The van der Waals surface area contributed by atoms with E-state index in [2.05, 4.69) is 15.6 Å². The first-order valence-corrected chi connectivity index (χ1v) is 8.31. The number of para-hydroxylation sites is 1. The highest BCUT2D eigenvalue weighted by Gasteiger charge is 2.26. The van der Waals surface area contributed by atoms with E-state index in [1.165, 1.54) is 6.42 Å². The lowest BCUT2D eigenvalue weighted by atomic mass is 9.96. The number of hydrogen-bond acceptors (Lipinski definition) is 2. The van der Waals surface area contributed by atoms with Gasteiger partial charge in [0.1, 0.15) is 5.75 Å². The molecule has 0 heterocycles. The molecule has 0 radical (unpaired) electrons. The fraction of sp³-hybridized carbons (Fsp3) is 0.588. The number of alkyl halides is 3. The Bertz CT molecular complexity index is 542. The molecule has 1 saturated carbocycles. The van der Waals surface area contributed by atoms with Gasteiger partial charge in [-0.25, -0.2) is 4.99 Å². The van der Waals surface area contributed by atoms with E-state index < -0.39 is 12.6 Å². The van der Waals surface area contributed by atoms with E-state index >= 15 is 0 Å². The van der Waals surface area contributed by atoms with E-state index in [4.69, 9.17) is 4.74 Å². The van der Waals surface area contributed by atoms with Gasteiger partial charge in [-0.3, -0.25) is 0 Å². The van der Waals surface area contributed by atoms with Crippen LogP contribution in [-0.4, -0.2) is 31.3 Å². The van der Waals surface area contributed by atoms with Gasteiger partial charge in [0.15, 0.2) is 5.96 Å². The summed E-state index contributed by atoms with van der Waals surface area (Å²) in [4.78, 5) is 4.36. The van der Waals surface area contributed by atoms with Gasteiger partial charge in [0.05, 0.1) is 19.1 Å². The predicted molar refractivity (Wildman–Crippen MR) is 88.2 cm³/mol. The van der Waals surface area contributed by atoms with Gasteiger partial charge in [-0.1, -0.05) is 18.2 Å². The van der Waals surface area contributed by atoms with Gasteiger partial charge < -0.3 is 15.4 Å². The van der Waals surface area contributed by atoms with Crippen molar-refractivity contribution in [1.29, 1.82) is 0 Å². The van der Waals surface area contributed by atoms with Crippen molar-refractivity contribution >= 4 is 5.96 Å². The molecule has 134 valence electrons. The van der Waals surface area contributed by atoms with E-state index in [0.717, 1.165) is 24.2 Å². The first-order chi connectivity index (χ1) is 11.5. The molecule has 0 aromatic heterocycles. The number of halogens is 3. The van der Waals surface area contributed by atoms with Crippen LogP contribution >= 0.6 is 0 Å². The summed E-state index contributed by atoms with van der Waals surface area (Å²) in [6.07, 6.45) is -1.46. The van der Waals surface area contributed by atoms with Crippen molar-refractivity contribution in [1.82, 2.24) is 10.6 Å². The van der Waals surface area contributed by atoms with Crippen molar-refractivity contribution in [3.63, 3.8) is 0 Å². The minimum absolute atomic E-state index is 0.199. The molecule has 1 fully saturated rings. The molecule has 0 amide bonds. The molecule has 0 bridgehead atoms. The van der Waals surface area contributed by atoms with Crippen molar-refractivity contribution in [2.45, 2.75) is 51.4 Å². The van der Waals surface area contributed by atoms with E-state index in [-0.39, 0.29) is 12.6 Å². The predicted octanol–water partition coefficient (Wildman–Crippen LogP) is 3.63. The number of aliphatic imine (C=N–C) groups is 1. The maximum absolute atomic E-state index is 12.2. The quantitative estimate of drug-likeness (QED) is 0.587. The van der Waals surface area contributed by atoms with Crippen LogP contribution in [0.1, 0.15) is 38.2 Å². The topological polar surface area (TPSA) is 45.7 Å². The Morgan fingerprint density at radius 2 is 2.00 bits per heavy atom. The van der Waals surface area contributed by atoms with Gasteiger partial charge in [0, 0.05) is 18.7 Å². The number of benzene rings is 1. The Hall–Kier alpha value is -1.92. The fourth-order valence-electron chi connectivity index (χ4n) is 2.25. The van der Waals surface area contributed by atoms with Crippen LogP contribution in [0.15, 0.2) is 29.3 Å². The zero-order valence-corrected chi connectivity index (χ0v) is 13.8. The molecule has 1 aliphatic carbocycles. The average molecular weight is 343 g/mol. The molecule has 0 aliphatic heterocycles. The molecule has 4 nitrogen and oxygen atoms in total. The highest BCUT2D eigenvalue weighted by Crippen LogP contribution is 2.27. The third-order valence-corrected chi connectivity index (χ3v) is 3.77. The maximum Gasteiger partial charge on any atom is 0.390 e. The second-order valence-corrected chi connectivity index (χ2v) is 5.77. The number of ether oxygens (including phenoxy) is 1. The minimum atomic E-state index is -4.17. The van der Waals surface area contributed by atoms with Crippen LogP contribution in [0.2, 0.25) is 0 Å². The van der Waals surface area contributed by atoms with Crippen LogP contribution < -0.4 is 15.4 Å². The Morgan fingerprint density at radius 3 is 2.62 bits per heavy atom. The van der Waals surface area contributed by atoms with Crippen molar-refractivity contribution in [3.05, 3.63) is 29.8 Å². The van der Waals surface area contributed by atoms with Crippen LogP contribution in [-0.2, 0) is 6.54 Å². The van der Waals surface area contributed by atoms with Gasteiger partial charge in [-0.15, -0.1) is 0 Å². The zero-order chi connectivity index (χ0) is 17.4. The Morgan fingerprint density at radius 1 is 1.25 bits per heavy atom. The van der Waals surface area contributed by atoms with Gasteiger partial charge in [-0.05, 0) is 32.3 Å². The molecule has 2 rings (SSSR count). The normalized spacial score (nSPS) is 15.8. The number of hydrogen-bond donors (Lipinski definition) is 2. The van der Waals surface area contributed by atoms with Crippen LogP contribution in [0.5, 0.6) is 5.75 Å². The summed E-state index contributed by atoms with van der Waals surface area (Å²) in [6.45, 7) is 2.60. The molecule has 2 N–H and O–H groups in total. The van der Waals surface area contributed by atoms with Crippen LogP contribution in [0.3, 0.4) is 0 Å². The molecule has 1 aromatic carbocycles. The Kier molecular flexibility index (Phi) is 6.75. The van der Waals surface area contributed by atoms with Crippen molar-refractivity contribution in [3.8, 4) is 5.75 Å². The number of nitrogens with zero attached hydrogens (tertiary/aromatic N) is 1. The van der Waals surface area contributed by atoms with Crippen molar-refractivity contribution in [2.24, 2.45) is 4.99 Å². The summed E-state index contributed by atoms with van der Waals surface area (Å²) in [5.41, 5.74) is 0.928. The number of guanidine groups is 1. The third-order valence-electron chi connectivity index (χ3n) is 3.77. The van der Waals surface area contributed by atoms with E-state index in [0.29, 0.717) is 19.0 Å². The maximum atomic E-state index is 12.2. The third kappa shape index (κ3) is 6.29. The minimum Gasteiger partial charge on any atom is -0.490 e. The second kappa shape index (κ2) is 8.80. The first kappa shape index (κ1) is 18.4. The fourth-order valence-corrected chi connectivity index (χ4v) is 2.25. The molecular weight excluding hydrogens is 319 g/mol. The Balaban J connectivity index is 1.94. The standard InChI is InChI=1S/C17H24F3N3O/c1-2-21-16(22-11-10-17(18,19)20)23-12-13-6-3-4-9-15(13)24-14-7-5-8-14/h3-4,6,9,14H,2,5,7-8,10-12H2,1H3,(H2,21,22,23). The molecule has 0 atom stereocenters. The Labute approximate surface area is 140 Å². The summed E-state index contributed by atoms with van der Waals surface area (Å²) < 4.78 is 42.7. The van der Waals surface area contributed by atoms with Crippen molar-refractivity contribution < 1.29 is 17.9 Å². The monoisotopic (exact) mass is 343 g/mol. The van der Waals surface area contributed by atoms with Gasteiger partial charge in [-0.2, -0.15) is 13.2 Å². The summed E-state index contributed by atoms with van der Waals surface area (Å²) in [5, 5.41) is 5.66. The lowest BCUT2D eigenvalue weighted by Gasteiger charge is -2.27. The lowest BCUT2D eigenvalue weighted by molar-refractivity contribution is -0.132. The molecule has 0 saturated heterocycles. The van der Waals surface area contributed by atoms with Gasteiger partial charge >= 0.3 is 6.18 Å². The molecular formula is C17H24F3N3O. The SMILES string of the molecule is CCNC(=NCc1ccccc1OC1CCC1)NCCC(F)(F)F. The number of nitrogens with one attached hydrogen (secondary N) is 2. The first-order valence-electron chi connectivity index (χ1n) is 8.31. The van der Waals surface area contributed by atoms with E-state index in [9.17, 15) is 13.2 Å². The highest BCUT2D eigenvalue weighted by molar-refractivity contribution is 5.79. The molecule has 24 heavy (non-hydrogen) atoms. The molecule has 7 heteroatoms. The van der Waals surface area contributed by atoms with Crippen LogP contribution in [0.4, 0.5) is 13.2 Å². The molecule has 0 spiro atoms. The highest BCUT2D eigenvalue weighted by atomic mass is 19.4. The summed E-state index contributed by atoms with van der Waals surface area (Å²) in [5.74, 6) is 1.18. The van der Waals surface area contributed by atoms with Crippen LogP contribution in [0.25, 0.3) is 0 Å². The van der Waals surface area contributed by atoms with Crippen molar-refractivity contribution in [2.75, 3.05) is 13.1 Å². The smallest absolute Gasteiger partial charge is 0.390 e. The van der Waals surface area contributed by atoms with E-state index in [1.807, 2.05) is 31.2 Å². The summed E-state index contributed by atoms with van der Waals surface area (Å²) in [6, 6.07) is 7.65. The molecule has 1 aliphatic rings. The molecule has 0 unspecified atom stereocenters. The average Bonchev–Trinajstić information content (AvgIpc) is 2.48. The van der Waals surface area contributed by atoms with Gasteiger partial charge in [0.25, 0.3) is 0 Å². The van der Waals surface area contributed by atoms with Gasteiger partial charge in [0.2, 0.25) is 0 Å². The van der Waals surface area contributed by atoms with E-state index in [1.54, 1.807) is 0 Å².